The molecule has 3 rings (SSSR count). The van der Waals surface area contributed by atoms with Gasteiger partial charge in [0.05, 0.1) is 18.3 Å². The molecule has 0 spiro atoms. The molecule has 9 nitrogen and oxygen atoms in total. The fourth-order valence-electron chi connectivity index (χ4n) is 3.65. The lowest BCUT2D eigenvalue weighted by Crippen LogP contribution is -2.44. The smallest absolute Gasteiger partial charge is 0.407 e. The fraction of sp³-hybridized carbons (Fsp3) is 0.400. The third kappa shape index (κ3) is 7.40. The maximum atomic E-state index is 13.0. The van der Waals surface area contributed by atoms with E-state index >= 15 is 0 Å². The van der Waals surface area contributed by atoms with Gasteiger partial charge in [-0.15, -0.1) is 0 Å². The van der Waals surface area contributed by atoms with E-state index in [0.717, 1.165) is 0 Å². The van der Waals surface area contributed by atoms with E-state index in [1.54, 1.807) is 62.1 Å². The molecule has 1 fully saturated rings. The highest BCUT2D eigenvalue weighted by Crippen LogP contribution is 2.32. The molecule has 182 valence electrons. The molecule has 1 unspecified atom stereocenters. The maximum absolute atomic E-state index is 13.0. The van der Waals surface area contributed by atoms with Crippen molar-refractivity contribution >= 4 is 23.7 Å². The Labute approximate surface area is 199 Å². The second-order valence-electron chi connectivity index (χ2n) is 9.10. The Bertz CT molecular complexity index is 1010. The molecule has 2 N–H and O–H groups in total. The highest BCUT2D eigenvalue weighted by molar-refractivity contribution is 5.85. The molecular formula is C25H31N3O6. The summed E-state index contributed by atoms with van der Waals surface area (Å²) in [4.78, 5) is 39.8. The zero-order chi connectivity index (χ0) is 24.7. The van der Waals surface area contributed by atoms with Crippen LogP contribution in [0.3, 0.4) is 0 Å². The number of likely N-dealkylation sites (tertiary alicyclic amines) is 1. The normalized spacial score (nSPS) is 15.5. The first kappa shape index (κ1) is 24.9. The van der Waals surface area contributed by atoms with E-state index in [-0.39, 0.29) is 25.0 Å². The summed E-state index contributed by atoms with van der Waals surface area (Å²) in [5, 5.41) is 12.3. The summed E-state index contributed by atoms with van der Waals surface area (Å²) in [5.74, 6) is -0.238. The average molecular weight is 470 g/mol. The van der Waals surface area contributed by atoms with Gasteiger partial charge in [0, 0.05) is 13.1 Å². The molecule has 0 saturated carbocycles. The van der Waals surface area contributed by atoms with Gasteiger partial charge in [0.25, 0.3) is 0 Å². The van der Waals surface area contributed by atoms with Crippen LogP contribution in [-0.4, -0.2) is 65.8 Å². The van der Waals surface area contributed by atoms with E-state index in [1.165, 1.54) is 4.90 Å². The average Bonchev–Trinajstić information content (AvgIpc) is 3.21. The molecule has 0 aromatic heterocycles. The first-order valence-electron chi connectivity index (χ1n) is 11.2. The van der Waals surface area contributed by atoms with Crippen LogP contribution in [0.25, 0.3) is 0 Å². The van der Waals surface area contributed by atoms with Gasteiger partial charge in [-0.05, 0) is 51.5 Å². The first-order valence-corrected chi connectivity index (χ1v) is 11.2. The molecule has 0 radical (unpaired) electrons. The van der Waals surface area contributed by atoms with Crippen molar-refractivity contribution < 1.29 is 29.0 Å². The Balaban J connectivity index is 1.68. The number of benzene rings is 2. The number of ether oxygens (including phenoxy) is 2. The van der Waals surface area contributed by atoms with E-state index in [1.807, 2.05) is 18.2 Å². The largest absolute Gasteiger partial charge is 0.480 e. The Morgan fingerprint density at radius 1 is 1.06 bits per heavy atom. The SMILES string of the molecule is CC(C)(C)OC(=O)NC1CCN(C(=O)CN(CC(=O)O)c2ccccc2Oc2ccccc2)C1. The summed E-state index contributed by atoms with van der Waals surface area (Å²) in [7, 11) is 0. The second-order valence-corrected chi connectivity index (χ2v) is 9.10. The zero-order valence-electron chi connectivity index (χ0n) is 19.7. The Kier molecular flexibility index (Phi) is 7.99. The number of carbonyl (C=O) groups is 3. The number of carbonyl (C=O) groups excluding carboxylic acids is 2. The summed E-state index contributed by atoms with van der Waals surface area (Å²) >= 11 is 0. The molecule has 0 aliphatic carbocycles. The van der Waals surface area contributed by atoms with Gasteiger partial charge in [0.1, 0.15) is 17.9 Å². The maximum Gasteiger partial charge on any atom is 0.407 e. The number of carboxylic acid groups (broad SMARTS) is 1. The predicted octanol–water partition coefficient (Wildman–Crippen LogP) is 3.50. The van der Waals surface area contributed by atoms with Gasteiger partial charge in [-0.2, -0.15) is 0 Å². The minimum absolute atomic E-state index is 0.138. The topological polar surface area (TPSA) is 108 Å². The number of carboxylic acids is 1. The minimum Gasteiger partial charge on any atom is -0.480 e. The number of aliphatic carboxylic acids is 1. The van der Waals surface area contributed by atoms with Crippen molar-refractivity contribution in [1.29, 1.82) is 0 Å². The molecule has 2 aromatic carbocycles. The van der Waals surface area contributed by atoms with Crippen LogP contribution in [0, 0.1) is 0 Å². The molecule has 1 aliphatic heterocycles. The van der Waals surface area contributed by atoms with Gasteiger partial charge < -0.3 is 29.7 Å². The lowest BCUT2D eigenvalue weighted by molar-refractivity contribution is -0.135. The van der Waals surface area contributed by atoms with Gasteiger partial charge in [0.15, 0.2) is 5.75 Å². The van der Waals surface area contributed by atoms with Gasteiger partial charge in [-0.3, -0.25) is 9.59 Å². The Morgan fingerprint density at radius 2 is 1.74 bits per heavy atom. The highest BCUT2D eigenvalue weighted by Gasteiger charge is 2.30. The number of para-hydroxylation sites is 3. The van der Waals surface area contributed by atoms with Crippen LogP contribution < -0.4 is 15.0 Å². The van der Waals surface area contributed by atoms with Crippen LogP contribution >= 0.6 is 0 Å². The summed E-state index contributed by atoms with van der Waals surface area (Å²) < 4.78 is 11.2. The molecule has 34 heavy (non-hydrogen) atoms. The van der Waals surface area contributed by atoms with Crippen LogP contribution in [0.15, 0.2) is 54.6 Å². The van der Waals surface area contributed by atoms with E-state index in [2.05, 4.69) is 5.32 Å². The highest BCUT2D eigenvalue weighted by atomic mass is 16.6. The van der Waals surface area contributed by atoms with E-state index in [4.69, 9.17) is 9.47 Å². The van der Waals surface area contributed by atoms with Crippen molar-refractivity contribution in [3.63, 3.8) is 0 Å². The third-order valence-electron chi connectivity index (χ3n) is 5.09. The van der Waals surface area contributed by atoms with Crippen molar-refractivity contribution in [2.45, 2.75) is 38.8 Å². The number of rotatable bonds is 8. The molecule has 1 aliphatic rings. The number of hydrogen-bond donors (Lipinski definition) is 2. The number of nitrogens with one attached hydrogen (secondary N) is 1. The van der Waals surface area contributed by atoms with Gasteiger partial charge in [-0.1, -0.05) is 30.3 Å². The summed E-state index contributed by atoms with van der Waals surface area (Å²) in [5.41, 5.74) is -0.102. The van der Waals surface area contributed by atoms with Crippen molar-refractivity contribution in [1.82, 2.24) is 10.2 Å². The molecule has 1 atom stereocenters. The van der Waals surface area contributed by atoms with E-state index in [9.17, 15) is 19.5 Å². The van der Waals surface area contributed by atoms with Crippen molar-refractivity contribution in [3.8, 4) is 11.5 Å². The number of hydrogen-bond acceptors (Lipinski definition) is 6. The van der Waals surface area contributed by atoms with Crippen LogP contribution in [-0.2, 0) is 14.3 Å². The quantitative estimate of drug-likeness (QED) is 0.609. The van der Waals surface area contributed by atoms with Gasteiger partial charge >= 0.3 is 12.1 Å². The lowest BCUT2D eigenvalue weighted by Gasteiger charge is -2.27. The lowest BCUT2D eigenvalue weighted by atomic mass is 10.2. The number of amides is 2. The number of anilines is 1. The van der Waals surface area contributed by atoms with Gasteiger partial charge in [0.2, 0.25) is 5.91 Å². The Morgan fingerprint density at radius 3 is 2.41 bits per heavy atom. The van der Waals surface area contributed by atoms with Crippen molar-refractivity contribution in [3.05, 3.63) is 54.6 Å². The zero-order valence-corrected chi connectivity index (χ0v) is 19.7. The minimum atomic E-state index is -1.06. The standard InChI is InChI=1S/C25H31N3O6/c1-25(2,3)34-24(32)26-18-13-14-27(15-18)22(29)16-28(17-23(30)31)20-11-7-8-12-21(20)33-19-9-5-4-6-10-19/h4-12,18H,13-17H2,1-3H3,(H,26,32)(H,30,31). The summed E-state index contributed by atoms with van der Waals surface area (Å²) in [6.07, 6.45) is 0.0729. The Hall–Kier alpha value is -3.75. The summed E-state index contributed by atoms with van der Waals surface area (Å²) in [6.45, 7) is 5.65. The molecule has 1 saturated heterocycles. The third-order valence-corrected chi connectivity index (χ3v) is 5.09. The molecule has 2 amide bonds. The number of nitrogens with zero attached hydrogens (tertiary/aromatic N) is 2. The van der Waals surface area contributed by atoms with Crippen LogP contribution in [0.2, 0.25) is 0 Å². The van der Waals surface area contributed by atoms with Gasteiger partial charge in [-0.25, -0.2) is 4.79 Å². The van der Waals surface area contributed by atoms with E-state index < -0.39 is 17.7 Å². The predicted molar refractivity (Wildman–Crippen MR) is 127 cm³/mol. The second kappa shape index (κ2) is 10.9. The summed E-state index contributed by atoms with van der Waals surface area (Å²) in [6, 6.07) is 15.9. The first-order chi connectivity index (χ1) is 16.1. The van der Waals surface area contributed by atoms with Crippen molar-refractivity contribution in [2.24, 2.45) is 0 Å². The number of alkyl carbamates (subject to hydrolysis) is 1. The molecule has 2 aromatic rings. The van der Waals surface area contributed by atoms with Crippen LogP contribution in [0.1, 0.15) is 27.2 Å². The van der Waals surface area contributed by atoms with Crippen molar-refractivity contribution in [2.75, 3.05) is 31.1 Å². The van der Waals surface area contributed by atoms with E-state index in [0.29, 0.717) is 36.7 Å². The van der Waals surface area contributed by atoms with Crippen LogP contribution in [0.4, 0.5) is 10.5 Å². The van der Waals surface area contributed by atoms with Crippen LogP contribution in [0.5, 0.6) is 11.5 Å². The molecule has 9 heteroatoms. The molecular weight excluding hydrogens is 438 g/mol. The fourth-order valence-corrected chi connectivity index (χ4v) is 3.65. The molecule has 0 bridgehead atoms. The molecule has 1 heterocycles. The monoisotopic (exact) mass is 469 g/mol.